The Bertz CT molecular complexity index is 1400. The number of hydrogen-bond acceptors (Lipinski definition) is 6. The Labute approximate surface area is 183 Å². The maximum atomic E-state index is 12.7. The number of likely N-dealkylation sites (N-methyl/N-ethyl adjacent to an activating group) is 1. The Morgan fingerprint density at radius 2 is 1.97 bits per heavy atom. The summed E-state index contributed by atoms with van der Waals surface area (Å²) in [4.78, 5) is 16.9. The van der Waals surface area contributed by atoms with E-state index in [1.165, 1.54) is 31.5 Å². The molecule has 10 heteroatoms. The van der Waals surface area contributed by atoms with Crippen LogP contribution in [0.4, 0.5) is 0 Å². The number of fused-ring (bicyclic) bond motifs is 2. The van der Waals surface area contributed by atoms with E-state index in [4.69, 9.17) is 11.6 Å². The van der Waals surface area contributed by atoms with Crippen molar-refractivity contribution in [3.05, 3.63) is 76.1 Å². The van der Waals surface area contributed by atoms with Gasteiger partial charge in [0.15, 0.2) is 11.5 Å². The lowest BCUT2D eigenvalue weighted by Gasteiger charge is -2.27. The number of pyridine rings is 1. The van der Waals surface area contributed by atoms with E-state index >= 15 is 0 Å². The average molecular weight is 457 g/mol. The molecular formula is C21H17ClN4O4S. The number of halogens is 1. The van der Waals surface area contributed by atoms with Crippen LogP contribution in [0, 0.1) is 6.92 Å². The molecule has 1 amide bonds. The van der Waals surface area contributed by atoms with Gasteiger partial charge in [-0.25, -0.2) is 18.8 Å². The number of nitrogens with zero attached hydrogens (tertiary/aromatic N) is 3. The molecule has 1 aliphatic heterocycles. The van der Waals surface area contributed by atoms with Crippen molar-refractivity contribution < 1.29 is 18.3 Å². The Balaban J connectivity index is 1.63. The fourth-order valence-electron chi connectivity index (χ4n) is 3.26. The van der Waals surface area contributed by atoms with Crippen LogP contribution in [0.3, 0.4) is 0 Å². The molecule has 2 N–H and O–H groups in total. The quantitative estimate of drug-likeness (QED) is 0.357. The molecule has 0 radical (unpaired) electrons. The molecule has 158 valence electrons. The number of aryl methyl sites for hydroxylation is 1. The van der Waals surface area contributed by atoms with Crippen molar-refractivity contribution in [3.63, 3.8) is 0 Å². The molecule has 4 rings (SSSR count). The van der Waals surface area contributed by atoms with Crippen molar-refractivity contribution in [1.82, 2.24) is 14.7 Å². The topological polar surface area (TPSA) is 112 Å². The van der Waals surface area contributed by atoms with Gasteiger partial charge >= 0.3 is 0 Å². The summed E-state index contributed by atoms with van der Waals surface area (Å²) in [5, 5.41) is 15.4. The summed E-state index contributed by atoms with van der Waals surface area (Å²) in [6, 6.07) is 13.4. The molecule has 0 saturated carbocycles. The van der Waals surface area contributed by atoms with Gasteiger partial charge in [0, 0.05) is 23.6 Å². The molecule has 0 fully saturated rings. The summed E-state index contributed by atoms with van der Waals surface area (Å²) in [5.41, 5.74) is 4.09. The standard InChI is InChI=1S/C21H17ClN4O4S/c1-12-7-8-13-10-14(20(22)24-16(13)9-12)11-23-25-21(28)18-19(27)15-5-3-4-6-17(15)31(29,30)26(18)2/h3-11,27H,1-2H3,(H,25,28)/b23-11+. The van der Waals surface area contributed by atoms with Gasteiger partial charge in [0.1, 0.15) is 5.15 Å². The van der Waals surface area contributed by atoms with Crippen LogP contribution in [-0.2, 0) is 14.8 Å². The van der Waals surface area contributed by atoms with Crippen LogP contribution in [0.15, 0.2) is 64.2 Å². The number of rotatable bonds is 3. The normalized spacial score (nSPS) is 15.4. The highest BCUT2D eigenvalue weighted by Crippen LogP contribution is 2.34. The second-order valence-corrected chi connectivity index (χ2v) is 9.23. The molecule has 0 unspecified atom stereocenters. The third-order valence-electron chi connectivity index (χ3n) is 4.86. The Kier molecular flexibility index (Phi) is 5.16. The molecule has 1 aliphatic rings. The second kappa shape index (κ2) is 7.68. The predicted molar refractivity (Wildman–Crippen MR) is 118 cm³/mol. The average Bonchev–Trinajstić information content (AvgIpc) is 2.73. The van der Waals surface area contributed by atoms with Crippen molar-refractivity contribution in [2.75, 3.05) is 7.05 Å². The number of nitrogens with one attached hydrogen (secondary N) is 1. The minimum Gasteiger partial charge on any atom is -0.505 e. The number of hydrazone groups is 1. The first kappa shape index (κ1) is 20.8. The minimum absolute atomic E-state index is 0.0480. The zero-order chi connectivity index (χ0) is 22.3. The Morgan fingerprint density at radius 1 is 1.23 bits per heavy atom. The zero-order valence-corrected chi connectivity index (χ0v) is 18.1. The van der Waals surface area contributed by atoms with Crippen LogP contribution in [0.5, 0.6) is 0 Å². The monoisotopic (exact) mass is 456 g/mol. The molecule has 2 heterocycles. The smallest absolute Gasteiger partial charge is 0.292 e. The first-order valence-corrected chi connectivity index (χ1v) is 10.9. The molecule has 1 aromatic heterocycles. The van der Waals surface area contributed by atoms with Gasteiger partial charge in [-0.3, -0.25) is 9.10 Å². The molecule has 0 aliphatic carbocycles. The summed E-state index contributed by atoms with van der Waals surface area (Å²) in [6.07, 6.45) is 1.30. The lowest BCUT2D eigenvalue weighted by Crippen LogP contribution is -2.38. The maximum Gasteiger partial charge on any atom is 0.292 e. The fraction of sp³-hybridized carbons (Fsp3) is 0.0952. The molecule has 31 heavy (non-hydrogen) atoms. The molecular weight excluding hydrogens is 440 g/mol. The number of carbonyl (C=O) groups excluding carboxylic acids is 1. The third-order valence-corrected chi connectivity index (χ3v) is 6.98. The number of hydrogen-bond donors (Lipinski definition) is 2. The van der Waals surface area contributed by atoms with E-state index in [1.807, 2.05) is 25.1 Å². The largest absolute Gasteiger partial charge is 0.505 e. The van der Waals surface area contributed by atoms with E-state index in [1.54, 1.807) is 12.1 Å². The summed E-state index contributed by atoms with van der Waals surface area (Å²) in [5.74, 6) is -1.35. The van der Waals surface area contributed by atoms with E-state index in [2.05, 4.69) is 15.5 Å². The van der Waals surface area contributed by atoms with Crippen LogP contribution >= 0.6 is 11.6 Å². The van der Waals surface area contributed by atoms with Crippen LogP contribution in [-0.4, -0.2) is 42.0 Å². The highest BCUT2D eigenvalue weighted by molar-refractivity contribution is 7.89. The number of benzene rings is 2. The molecule has 8 nitrogen and oxygen atoms in total. The number of aromatic nitrogens is 1. The molecule has 0 saturated heterocycles. The van der Waals surface area contributed by atoms with Gasteiger partial charge in [0.05, 0.1) is 16.6 Å². The molecule has 0 atom stereocenters. The Morgan fingerprint density at radius 3 is 2.74 bits per heavy atom. The summed E-state index contributed by atoms with van der Waals surface area (Å²) < 4.78 is 26.1. The maximum absolute atomic E-state index is 12.7. The van der Waals surface area contributed by atoms with Gasteiger partial charge in [-0.1, -0.05) is 35.9 Å². The van der Waals surface area contributed by atoms with Crippen molar-refractivity contribution in [3.8, 4) is 0 Å². The van der Waals surface area contributed by atoms with Gasteiger partial charge in [0.2, 0.25) is 0 Å². The van der Waals surface area contributed by atoms with E-state index in [-0.39, 0.29) is 15.6 Å². The summed E-state index contributed by atoms with van der Waals surface area (Å²) >= 11 is 6.21. The third kappa shape index (κ3) is 3.62. The first-order chi connectivity index (χ1) is 14.7. The van der Waals surface area contributed by atoms with Gasteiger partial charge < -0.3 is 5.11 Å². The number of aliphatic hydroxyl groups is 1. The van der Waals surface area contributed by atoms with Gasteiger partial charge in [-0.15, -0.1) is 0 Å². The van der Waals surface area contributed by atoms with Crippen LogP contribution < -0.4 is 5.43 Å². The zero-order valence-electron chi connectivity index (χ0n) is 16.5. The highest BCUT2D eigenvalue weighted by atomic mass is 35.5. The van der Waals surface area contributed by atoms with Crippen molar-refractivity contribution >= 4 is 50.4 Å². The highest BCUT2D eigenvalue weighted by Gasteiger charge is 2.37. The lowest BCUT2D eigenvalue weighted by atomic mass is 10.1. The van der Waals surface area contributed by atoms with Crippen LogP contribution in [0.1, 0.15) is 16.7 Å². The second-order valence-electron chi connectivity index (χ2n) is 6.93. The molecule has 0 spiro atoms. The van der Waals surface area contributed by atoms with Crippen LogP contribution in [0.2, 0.25) is 5.15 Å². The van der Waals surface area contributed by atoms with Crippen molar-refractivity contribution in [1.29, 1.82) is 0 Å². The van der Waals surface area contributed by atoms with Crippen molar-refractivity contribution in [2.45, 2.75) is 11.8 Å². The number of aliphatic hydroxyl groups excluding tert-OH is 1. The number of amides is 1. The minimum atomic E-state index is -3.99. The predicted octanol–water partition coefficient (Wildman–Crippen LogP) is 3.21. The number of carbonyl (C=O) groups is 1. The number of sulfonamides is 1. The molecule has 0 bridgehead atoms. The lowest BCUT2D eigenvalue weighted by molar-refractivity contribution is -0.118. The summed E-state index contributed by atoms with van der Waals surface area (Å²) in [6.45, 7) is 1.95. The van der Waals surface area contributed by atoms with Crippen molar-refractivity contribution in [2.24, 2.45) is 5.10 Å². The SMILES string of the molecule is Cc1ccc2cc(/C=N/NC(=O)C3=C(O)c4ccccc4S(=O)(=O)N3C)c(Cl)nc2c1. The Hall–Kier alpha value is -3.43. The van der Waals surface area contributed by atoms with E-state index in [0.29, 0.717) is 5.56 Å². The fourth-order valence-corrected chi connectivity index (χ4v) is 4.85. The van der Waals surface area contributed by atoms with E-state index in [9.17, 15) is 18.3 Å². The first-order valence-electron chi connectivity index (χ1n) is 9.12. The van der Waals surface area contributed by atoms with Gasteiger partial charge in [-0.05, 0) is 36.8 Å². The summed E-state index contributed by atoms with van der Waals surface area (Å²) in [7, 11) is -2.80. The van der Waals surface area contributed by atoms with Gasteiger partial charge in [-0.2, -0.15) is 5.10 Å². The van der Waals surface area contributed by atoms with Crippen LogP contribution in [0.25, 0.3) is 16.7 Å². The van der Waals surface area contributed by atoms with E-state index < -0.39 is 27.4 Å². The van der Waals surface area contributed by atoms with Gasteiger partial charge in [0.25, 0.3) is 15.9 Å². The molecule has 2 aromatic carbocycles. The molecule has 3 aromatic rings. The van der Waals surface area contributed by atoms with E-state index in [0.717, 1.165) is 20.8 Å².